The molecule has 102 valence electrons. The number of anilines is 1. The third-order valence-corrected chi connectivity index (χ3v) is 4.59. The first-order valence-electron chi connectivity index (χ1n) is 5.51. The highest BCUT2D eigenvalue weighted by Crippen LogP contribution is 2.24. The highest BCUT2D eigenvalue weighted by atomic mass is 35.5. The first kappa shape index (κ1) is 14.0. The summed E-state index contributed by atoms with van der Waals surface area (Å²) >= 11 is 6.06. The molecule has 0 aliphatic carbocycles. The molecule has 1 heterocycles. The van der Waals surface area contributed by atoms with E-state index in [0.717, 1.165) is 6.07 Å². The number of hydrogen-bond donors (Lipinski definition) is 1. The van der Waals surface area contributed by atoms with Gasteiger partial charge in [-0.05, 0) is 25.1 Å². The molecular weight excluding hydrogens is 289 g/mol. The highest BCUT2D eigenvalue weighted by Gasteiger charge is 2.17. The molecule has 0 bridgehead atoms. The SMILES string of the molecule is Cc1nn(C)c(Cl)c1CS(=O)c1ccc(N)cc1F. The molecule has 0 spiro atoms. The molecule has 0 aliphatic rings. The summed E-state index contributed by atoms with van der Waals surface area (Å²) in [6, 6.07) is 4.11. The number of halogens is 2. The van der Waals surface area contributed by atoms with E-state index in [1.807, 2.05) is 0 Å². The molecule has 0 radical (unpaired) electrons. The molecule has 2 N–H and O–H groups in total. The van der Waals surface area contributed by atoms with E-state index < -0.39 is 16.6 Å². The van der Waals surface area contributed by atoms with E-state index in [2.05, 4.69) is 5.10 Å². The Morgan fingerprint density at radius 1 is 1.53 bits per heavy atom. The van der Waals surface area contributed by atoms with Gasteiger partial charge < -0.3 is 5.73 Å². The van der Waals surface area contributed by atoms with Crippen molar-refractivity contribution in [2.24, 2.45) is 7.05 Å². The maximum absolute atomic E-state index is 13.7. The molecule has 4 nitrogen and oxygen atoms in total. The van der Waals surface area contributed by atoms with Crippen molar-refractivity contribution in [3.8, 4) is 0 Å². The predicted octanol–water partition coefficient (Wildman–Crippen LogP) is 2.41. The van der Waals surface area contributed by atoms with E-state index in [-0.39, 0.29) is 10.6 Å². The minimum Gasteiger partial charge on any atom is -0.399 e. The lowest BCUT2D eigenvalue weighted by molar-refractivity contribution is 0.596. The first-order chi connectivity index (χ1) is 8.90. The fraction of sp³-hybridized carbons (Fsp3) is 0.250. The Kier molecular flexibility index (Phi) is 3.91. The molecule has 0 saturated carbocycles. The van der Waals surface area contributed by atoms with Crippen LogP contribution in [0.15, 0.2) is 23.1 Å². The Morgan fingerprint density at radius 3 is 2.74 bits per heavy atom. The van der Waals surface area contributed by atoms with Gasteiger partial charge in [0.2, 0.25) is 0 Å². The fourth-order valence-electron chi connectivity index (χ4n) is 1.75. The smallest absolute Gasteiger partial charge is 0.141 e. The molecule has 0 fully saturated rings. The van der Waals surface area contributed by atoms with Gasteiger partial charge in [-0.2, -0.15) is 5.10 Å². The second kappa shape index (κ2) is 5.30. The molecule has 1 aromatic heterocycles. The molecule has 2 rings (SSSR count). The van der Waals surface area contributed by atoms with Crippen molar-refractivity contribution < 1.29 is 8.60 Å². The number of nitrogens with two attached hydrogens (primary N) is 1. The minimum atomic E-state index is -1.53. The first-order valence-corrected chi connectivity index (χ1v) is 7.21. The number of aryl methyl sites for hydroxylation is 2. The van der Waals surface area contributed by atoms with Crippen LogP contribution in [0.25, 0.3) is 0 Å². The van der Waals surface area contributed by atoms with Crippen LogP contribution in [0.5, 0.6) is 0 Å². The van der Waals surface area contributed by atoms with Gasteiger partial charge in [-0.25, -0.2) is 4.39 Å². The summed E-state index contributed by atoms with van der Waals surface area (Å²) in [4.78, 5) is 0.119. The lowest BCUT2D eigenvalue weighted by Crippen LogP contribution is -2.01. The highest BCUT2D eigenvalue weighted by molar-refractivity contribution is 7.84. The van der Waals surface area contributed by atoms with Crippen molar-refractivity contribution >= 4 is 28.1 Å². The van der Waals surface area contributed by atoms with Crippen molar-refractivity contribution in [3.63, 3.8) is 0 Å². The van der Waals surface area contributed by atoms with Crippen LogP contribution in [0.1, 0.15) is 11.3 Å². The Bertz CT molecular complexity index is 657. The largest absolute Gasteiger partial charge is 0.399 e. The zero-order valence-electron chi connectivity index (χ0n) is 10.5. The minimum absolute atomic E-state index is 0.119. The third-order valence-electron chi connectivity index (χ3n) is 2.75. The fourth-order valence-corrected chi connectivity index (χ4v) is 3.33. The van der Waals surface area contributed by atoms with Gasteiger partial charge in [0.25, 0.3) is 0 Å². The van der Waals surface area contributed by atoms with Crippen LogP contribution in [-0.4, -0.2) is 14.0 Å². The summed E-state index contributed by atoms with van der Waals surface area (Å²) in [6.07, 6.45) is 0. The molecular formula is C12H13ClFN3OS. The molecule has 19 heavy (non-hydrogen) atoms. The number of aromatic nitrogens is 2. The van der Waals surface area contributed by atoms with Gasteiger partial charge in [0.15, 0.2) is 0 Å². The van der Waals surface area contributed by atoms with Crippen LogP contribution in [0.3, 0.4) is 0 Å². The topological polar surface area (TPSA) is 60.9 Å². The van der Waals surface area contributed by atoms with Crippen LogP contribution in [0, 0.1) is 12.7 Å². The molecule has 1 atom stereocenters. The van der Waals surface area contributed by atoms with Crippen LogP contribution in [0.2, 0.25) is 5.15 Å². The van der Waals surface area contributed by atoms with E-state index in [1.165, 1.54) is 16.8 Å². The molecule has 7 heteroatoms. The van der Waals surface area contributed by atoms with Gasteiger partial charge in [0.1, 0.15) is 11.0 Å². The van der Waals surface area contributed by atoms with Crippen molar-refractivity contribution in [1.82, 2.24) is 9.78 Å². The van der Waals surface area contributed by atoms with Crippen LogP contribution < -0.4 is 5.73 Å². The molecule has 1 aromatic carbocycles. The third kappa shape index (κ3) is 2.79. The summed E-state index contributed by atoms with van der Waals surface area (Å²) in [6.45, 7) is 1.78. The average Bonchev–Trinajstić information content (AvgIpc) is 2.56. The normalized spacial score (nSPS) is 12.6. The summed E-state index contributed by atoms with van der Waals surface area (Å²) in [5.41, 5.74) is 7.12. The maximum atomic E-state index is 13.7. The molecule has 1 unspecified atom stereocenters. The summed E-state index contributed by atoms with van der Waals surface area (Å²) in [5, 5.41) is 4.55. The average molecular weight is 302 g/mol. The molecule has 0 aliphatic heterocycles. The lowest BCUT2D eigenvalue weighted by Gasteiger charge is -2.05. The Morgan fingerprint density at radius 2 is 2.21 bits per heavy atom. The number of rotatable bonds is 3. The monoisotopic (exact) mass is 301 g/mol. The van der Waals surface area contributed by atoms with Crippen molar-refractivity contribution in [2.75, 3.05) is 5.73 Å². The van der Waals surface area contributed by atoms with Gasteiger partial charge in [-0.15, -0.1) is 0 Å². The van der Waals surface area contributed by atoms with E-state index in [0.29, 0.717) is 22.1 Å². The Balaban J connectivity index is 2.31. The van der Waals surface area contributed by atoms with Gasteiger partial charge in [-0.1, -0.05) is 11.6 Å². The summed E-state index contributed by atoms with van der Waals surface area (Å²) < 4.78 is 27.4. The molecule has 0 amide bonds. The zero-order valence-corrected chi connectivity index (χ0v) is 12.1. The van der Waals surface area contributed by atoms with Crippen molar-refractivity contribution in [3.05, 3.63) is 40.4 Å². The van der Waals surface area contributed by atoms with E-state index in [1.54, 1.807) is 14.0 Å². The van der Waals surface area contributed by atoms with Gasteiger partial charge >= 0.3 is 0 Å². The van der Waals surface area contributed by atoms with E-state index in [9.17, 15) is 8.60 Å². The number of nitrogen functional groups attached to an aromatic ring is 1. The standard InChI is InChI=1S/C12H13ClFN3OS/c1-7-9(12(13)17(2)16-7)6-19(18)11-4-3-8(15)5-10(11)14/h3-5H,6,15H2,1-2H3. The summed E-state index contributed by atoms with van der Waals surface area (Å²) in [5.74, 6) is -0.449. The van der Waals surface area contributed by atoms with E-state index in [4.69, 9.17) is 17.3 Å². The second-order valence-corrected chi connectivity index (χ2v) is 5.94. The maximum Gasteiger partial charge on any atom is 0.141 e. The van der Waals surface area contributed by atoms with Gasteiger partial charge in [0.05, 0.1) is 27.1 Å². The predicted molar refractivity (Wildman–Crippen MR) is 73.9 cm³/mol. The van der Waals surface area contributed by atoms with Crippen LogP contribution >= 0.6 is 11.6 Å². The van der Waals surface area contributed by atoms with Crippen molar-refractivity contribution in [1.29, 1.82) is 0 Å². The number of benzene rings is 1. The summed E-state index contributed by atoms with van der Waals surface area (Å²) in [7, 11) is 0.170. The van der Waals surface area contributed by atoms with Crippen LogP contribution in [-0.2, 0) is 23.6 Å². The van der Waals surface area contributed by atoms with E-state index >= 15 is 0 Å². The van der Waals surface area contributed by atoms with Crippen LogP contribution in [0.4, 0.5) is 10.1 Å². The Labute approximate surface area is 117 Å². The number of nitrogens with zero attached hydrogens (tertiary/aromatic N) is 2. The van der Waals surface area contributed by atoms with Crippen molar-refractivity contribution in [2.45, 2.75) is 17.6 Å². The second-order valence-electron chi connectivity index (χ2n) is 4.16. The zero-order chi connectivity index (χ0) is 14.2. The molecule has 2 aromatic rings. The number of hydrogen-bond acceptors (Lipinski definition) is 3. The quantitative estimate of drug-likeness (QED) is 0.886. The Hall–Kier alpha value is -1.40. The lowest BCUT2D eigenvalue weighted by atomic mass is 10.3. The van der Waals surface area contributed by atoms with Gasteiger partial charge in [0, 0.05) is 18.3 Å². The molecule has 0 saturated heterocycles. The van der Waals surface area contributed by atoms with Gasteiger partial charge in [-0.3, -0.25) is 8.89 Å².